The van der Waals surface area contributed by atoms with Gasteiger partial charge in [0.25, 0.3) is 5.56 Å². The van der Waals surface area contributed by atoms with Crippen molar-refractivity contribution in [1.82, 2.24) is 9.78 Å². The molecule has 1 aliphatic carbocycles. The minimum absolute atomic E-state index is 0.0175. The molecule has 1 aromatic heterocycles. The zero-order valence-corrected chi connectivity index (χ0v) is 13.1. The summed E-state index contributed by atoms with van der Waals surface area (Å²) in [5.74, 6) is 0. The molecular formula is C13H20BrN3O3. The third-order valence-corrected chi connectivity index (χ3v) is 4.33. The Morgan fingerprint density at radius 1 is 1.55 bits per heavy atom. The monoisotopic (exact) mass is 345 g/mol. The van der Waals surface area contributed by atoms with E-state index in [1.54, 1.807) is 13.3 Å². The number of methoxy groups -OCH3 is 1. The number of anilines is 1. The van der Waals surface area contributed by atoms with Gasteiger partial charge in [-0.2, -0.15) is 5.10 Å². The number of hydrogen-bond donors (Lipinski definition) is 2. The molecule has 2 N–H and O–H groups in total. The molecular weight excluding hydrogens is 326 g/mol. The van der Waals surface area contributed by atoms with E-state index >= 15 is 0 Å². The summed E-state index contributed by atoms with van der Waals surface area (Å²) in [4.78, 5) is 12.1. The topological polar surface area (TPSA) is 76.4 Å². The molecule has 1 heterocycles. The van der Waals surface area contributed by atoms with E-state index in [1.807, 2.05) is 0 Å². The molecule has 0 amide bonds. The van der Waals surface area contributed by atoms with Gasteiger partial charge < -0.3 is 15.2 Å². The molecule has 1 fully saturated rings. The van der Waals surface area contributed by atoms with Gasteiger partial charge in [0.05, 0.1) is 37.2 Å². The van der Waals surface area contributed by atoms with E-state index in [2.05, 4.69) is 26.3 Å². The van der Waals surface area contributed by atoms with Crippen molar-refractivity contribution in [2.24, 2.45) is 0 Å². The number of nitrogens with zero attached hydrogens (tertiary/aromatic N) is 2. The minimum atomic E-state index is -0.369. The second-order valence-corrected chi connectivity index (χ2v) is 5.79. The fraction of sp³-hybridized carbons (Fsp3) is 0.692. The predicted molar refractivity (Wildman–Crippen MR) is 80.0 cm³/mol. The largest absolute Gasteiger partial charge is 0.391 e. The lowest BCUT2D eigenvalue weighted by molar-refractivity contribution is 0.116. The van der Waals surface area contributed by atoms with Crippen LogP contribution >= 0.6 is 15.9 Å². The molecule has 0 bridgehead atoms. The predicted octanol–water partition coefficient (Wildman–Crippen LogP) is 1.37. The summed E-state index contributed by atoms with van der Waals surface area (Å²) >= 11 is 3.31. The van der Waals surface area contributed by atoms with Crippen LogP contribution in [0.5, 0.6) is 0 Å². The van der Waals surface area contributed by atoms with Crippen molar-refractivity contribution in [3.05, 3.63) is 21.0 Å². The summed E-state index contributed by atoms with van der Waals surface area (Å²) in [5.41, 5.74) is 0.437. The first-order chi connectivity index (χ1) is 9.63. The fourth-order valence-electron chi connectivity index (χ4n) is 2.38. The Morgan fingerprint density at radius 2 is 2.30 bits per heavy atom. The van der Waals surface area contributed by atoms with E-state index < -0.39 is 0 Å². The maximum Gasteiger partial charge on any atom is 0.283 e. The smallest absolute Gasteiger partial charge is 0.283 e. The molecule has 2 atom stereocenters. The van der Waals surface area contributed by atoms with Crippen molar-refractivity contribution in [2.75, 3.05) is 19.0 Å². The highest BCUT2D eigenvalue weighted by Crippen LogP contribution is 2.24. The summed E-state index contributed by atoms with van der Waals surface area (Å²) in [6.45, 7) is 0.855. The van der Waals surface area contributed by atoms with E-state index in [0.29, 0.717) is 23.3 Å². The molecule has 112 valence electrons. The van der Waals surface area contributed by atoms with Crippen LogP contribution in [0.1, 0.15) is 25.7 Å². The summed E-state index contributed by atoms with van der Waals surface area (Å²) in [7, 11) is 1.58. The first-order valence-corrected chi connectivity index (χ1v) is 7.62. The molecule has 7 heteroatoms. The zero-order chi connectivity index (χ0) is 14.5. The summed E-state index contributed by atoms with van der Waals surface area (Å²) in [6, 6.07) is -0.0175. The number of rotatable bonds is 5. The standard InChI is InChI=1S/C13H20BrN3O3/c1-20-7-6-17-13(19)12(14)10(8-15-17)16-9-4-2-3-5-11(9)18/h8-9,11,16,18H,2-7H2,1H3. The minimum Gasteiger partial charge on any atom is -0.391 e. The van der Waals surface area contributed by atoms with Crippen LogP contribution in [0.25, 0.3) is 0 Å². The molecule has 0 radical (unpaired) electrons. The highest BCUT2D eigenvalue weighted by molar-refractivity contribution is 9.10. The lowest BCUT2D eigenvalue weighted by Gasteiger charge is -2.29. The van der Waals surface area contributed by atoms with Crippen LogP contribution < -0.4 is 10.9 Å². The maximum absolute atomic E-state index is 12.1. The SMILES string of the molecule is COCCn1ncc(NC2CCCCC2O)c(Br)c1=O. The van der Waals surface area contributed by atoms with E-state index in [-0.39, 0.29) is 17.7 Å². The van der Waals surface area contributed by atoms with Gasteiger partial charge in [0.2, 0.25) is 0 Å². The highest BCUT2D eigenvalue weighted by atomic mass is 79.9. The first kappa shape index (κ1) is 15.5. The van der Waals surface area contributed by atoms with Gasteiger partial charge in [0.15, 0.2) is 0 Å². The molecule has 1 saturated carbocycles. The maximum atomic E-state index is 12.1. The van der Waals surface area contributed by atoms with Gasteiger partial charge in [-0.05, 0) is 28.8 Å². The molecule has 2 rings (SSSR count). The number of hydrogen-bond acceptors (Lipinski definition) is 5. The van der Waals surface area contributed by atoms with Gasteiger partial charge in [-0.15, -0.1) is 0 Å². The van der Waals surface area contributed by atoms with Gasteiger partial charge in [-0.25, -0.2) is 4.68 Å². The van der Waals surface area contributed by atoms with Gasteiger partial charge in [0.1, 0.15) is 4.47 Å². The molecule has 20 heavy (non-hydrogen) atoms. The average Bonchev–Trinajstić information content (AvgIpc) is 2.45. The Kier molecular flexibility index (Phi) is 5.56. The lowest BCUT2D eigenvalue weighted by Crippen LogP contribution is -2.37. The van der Waals surface area contributed by atoms with E-state index in [1.165, 1.54) is 4.68 Å². The van der Waals surface area contributed by atoms with Gasteiger partial charge in [-0.1, -0.05) is 12.8 Å². The van der Waals surface area contributed by atoms with Crippen molar-refractivity contribution in [1.29, 1.82) is 0 Å². The second kappa shape index (κ2) is 7.19. The average molecular weight is 346 g/mol. The Hall–Kier alpha value is -0.920. The fourth-order valence-corrected chi connectivity index (χ4v) is 2.80. The van der Waals surface area contributed by atoms with Crippen LogP contribution in [-0.4, -0.2) is 40.7 Å². The van der Waals surface area contributed by atoms with Crippen LogP contribution in [0.4, 0.5) is 5.69 Å². The lowest BCUT2D eigenvalue weighted by atomic mass is 9.92. The number of aliphatic hydroxyl groups is 1. The number of nitrogens with one attached hydrogen (secondary N) is 1. The van der Waals surface area contributed by atoms with Crippen LogP contribution in [0.15, 0.2) is 15.5 Å². The van der Waals surface area contributed by atoms with Crippen molar-refractivity contribution in [2.45, 2.75) is 44.4 Å². The summed E-state index contributed by atoms with van der Waals surface area (Å²) in [5, 5.41) is 17.3. The van der Waals surface area contributed by atoms with Crippen molar-refractivity contribution >= 4 is 21.6 Å². The van der Waals surface area contributed by atoms with E-state index in [0.717, 1.165) is 25.7 Å². The van der Waals surface area contributed by atoms with Gasteiger partial charge >= 0.3 is 0 Å². The van der Waals surface area contributed by atoms with Crippen LogP contribution in [0, 0.1) is 0 Å². The Labute approximate surface area is 126 Å². The zero-order valence-electron chi connectivity index (χ0n) is 11.5. The Morgan fingerprint density at radius 3 is 3.00 bits per heavy atom. The van der Waals surface area contributed by atoms with Gasteiger partial charge in [0, 0.05) is 7.11 Å². The Balaban J connectivity index is 2.12. The third kappa shape index (κ3) is 3.59. The molecule has 6 nitrogen and oxygen atoms in total. The van der Waals surface area contributed by atoms with Crippen LogP contribution in [-0.2, 0) is 11.3 Å². The number of aliphatic hydroxyl groups excluding tert-OH is 1. The number of ether oxygens (including phenoxy) is 1. The molecule has 2 unspecified atom stereocenters. The molecule has 0 spiro atoms. The summed E-state index contributed by atoms with van der Waals surface area (Å²) in [6.07, 6.45) is 5.09. The van der Waals surface area contributed by atoms with Crippen molar-refractivity contribution in [3.63, 3.8) is 0 Å². The quantitative estimate of drug-likeness (QED) is 0.842. The Bertz CT molecular complexity index is 506. The normalized spacial score (nSPS) is 22.8. The highest BCUT2D eigenvalue weighted by Gasteiger charge is 2.24. The first-order valence-electron chi connectivity index (χ1n) is 6.82. The molecule has 1 aliphatic rings. The van der Waals surface area contributed by atoms with Crippen LogP contribution in [0.2, 0.25) is 0 Å². The molecule has 0 aliphatic heterocycles. The molecule has 0 aromatic carbocycles. The van der Waals surface area contributed by atoms with Gasteiger partial charge in [-0.3, -0.25) is 4.79 Å². The third-order valence-electron chi connectivity index (χ3n) is 3.56. The van der Waals surface area contributed by atoms with Crippen molar-refractivity contribution in [3.8, 4) is 0 Å². The molecule has 1 aromatic rings. The second-order valence-electron chi connectivity index (χ2n) is 5.00. The summed E-state index contributed by atoms with van der Waals surface area (Å²) < 4.78 is 6.75. The number of halogens is 1. The van der Waals surface area contributed by atoms with E-state index in [9.17, 15) is 9.90 Å². The van der Waals surface area contributed by atoms with Crippen LogP contribution in [0.3, 0.4) is 0 Å². The van der Waals surface area contributed by atoms with E-state index in [4.69, 9.17) is 4.74 Å². The molecule has 0 saturated heterocycles. The number of aromatic nitrogens is 2. The van der Waals surface area contributed by atoms with Crippen molar-refractivity contribution < 1.29 is 9.84 Å².